The topological polar surface area (TPSA) is 26.0 Å². The Kier molecular flexibility index (Phi) is 3.78. The summed E-state index contributed by atoms with van der Waals surface area (Å²) in [5.74, 6) is -1.19. The molecule has 0 saturated carbocycles. The Hall–Kier alpha value is -1.26. The minimum Gasteiger partial charge on any atom is -0.326 e. The lowest BCUT2D eigenvalue weighted by Crippen LogP contribution is -2.02. The summed E-state index contributed by atoms with van der Waals surface area (Å²) in [5.41, 5.74) is 7.74. The van der Waals surface area contributed by atoms with Crippen molar-refractivity contribution in [3.63, 3.8) is 0 Å². The first-order valence-corrected chi connectivity index (χ1v) is 6.27. The van der Waals surface area contributed by atoms with Gasteiger partial charge in [-0.2, -0.15) is 0 Å². The predicted octanol–water partition coefficient (Wildman–Crippen LogP) is 4.16. The van der Waals surface area contributed by atoms with Gasteiger partial charge in [-0.1, -0.05) is 23.8 Å². The molecule has 2 rings (SSSR count). The van der Waals surface area contributed by atoms with Gasteiger partial charge in [-0.05, 0) is 46.1 Å². The second-order valence-electron chi connectivity index (χ2n) is 4.08. The van der Waals surface area contributed by atoms with Crippen molar-refractivity contribution in [2.75, 3.05) is 0 Å². The van der Waals surface area contributed by atoms with E-state index < -0.39 is 11.6 Å². The molecule has 0 aromatic heterocycles. The summed E-state index contributed by atoms with van der Waals surface area (Å²) in [6.07, 6.45) is 0. The number of hydrogen-bond acceptors (Lipinski definition) is 1. The molecule has 0 aliphatic heterocycles. The predicted molar refractivity (Wildman–Crippen MR) is 72.1 cm³/mol. The molecule has 18 heavy (non-hydrogen) atoms. The number of halogens is 3. The molecule has 2 N–H and O–H groups in total. The molecule has 0 atom stereocenters. The fraction of sp³-hybridized carbons (Fsp3) is 0.143. The average Bonchev–Trinajstić information content (AvgIpc) is 2.35. The Morgan fingerprint density at radius 1 is 1.17 bits per heavy atom. The highest BCUT2D eigenvalue weighted by molar-refractivity contribution is 9.10. The summed E-state index contributed by atoms with van der Waals surface area (Å²) in [7, 11) is 0. The Morgan fingerprint density at radius 2 is 1.89 bits per heavy atom. The van der Waals surface area contributed by atoms with Gasteiger partial charge in [0.2, 0.25) is 0 Å². The van der Waals surface area contributed by atoms with Crippen LogP contribution in [0.4, 0.5) is 8.78 Å². The lowest BCUT2D eigenvalue weighted by molar-refractivity contribution is 0.585. The van der Waals surface area contributed by atoms with Crippen LogP contribution < -0.4 is 5.73 Å². The monoisotopic (exact) mass is 311 g/mol. The van der Waals surface area contributed by atoms with Gasteiger partial charge < -0.3 is 5.73 Å². The standard InChI is InChI=1S/C14H12BrF2N/c1-8-2-3-9(7-18)10(6-8)13-12(16)5-4-11(15)14(13)17/h2-6H,7,18H2,1H3. The molecule has 0 saturated heterocycles. The normalized spacial score (nSPS) is 10.7. The summed E-state index contributed by atoms with van der Waals surface area (Å²) in [6, 6.07) is 8.01. The molecule has 0 radical (unpaired) electrons. The van der Waals surface area contributed by atoms with Gasteiger partial charge in [-0.15, -0.1) is 0 Å². The quantitative estimate of drug-likeness (QED) is 0.828. The third-order valence-corrected chi connectivity index (χ3v) is 3.41. The van der Waals surface area contributed by atoms with Crippen LogP contribution in [0.5, 0.6) is 0 Å². The molecule has 0 fully saturated rings. The highest BCUT2D eigenvalue weighted by Gasteiger charge is 2.16. The number of benzene rings is 2. The van der Waals surface area contributed by atoms with Crippen molar-refractivity contribution in [2.45, 2.75) is 13.5 Å². The van der Waals surface area contributed by atoms with Gasteiger partial charge in [0.15, 0.2) is 0 Å². The summed E-state index contributed by atoms with van der Waals surface area (Å²) >= 11 is 3.07. The van der Waals surface area contributed by atoms with Crippen LogP contribution in [0.1, 0.15) is 11.1 Å². The highest BCUT2D eigenvalue weighted by atomic mass is 79.9. The maximum Gasteiger partial charge on any atom is 0.148 e. The minimum atomic E-state index is -0.602. The fourth-order valence-corrected chi connectivity index (χ4v) is 2.21. The van der Waals surface area contributed by atoms with Gasteiger partial charge in [0.25, 0.3) is 0 Å². The van der Waals surface area contributed by atoms with Gasteiger partial charge in [0.05, 0.1) is 10.0 Å². The number of nitrogens with two attached hydrogens (primary N) is 1. The van der Waals surface area contributed by atoms with Crippen LogP contribution in [0.2, 0.25) is 0 Å². The van der Waals surface area contributed by atoms with Crippen LogP contribution in [0, 0.1) is 18.6 Å². The van der Waals surface area contributed by atoms with Crippen molar-refractivity contribution >= 4 is 15.9 Å². The summed E-state index contributed by atoms with van der Waals surface area (Å²) in [6.45, 7) is 2.11. The molecule has 94 valence electrons. The second-order valence-corrected chi connectivity index (χ2v) is 4.94. The van der Waals surface area contributed by atoms with Crippen molar-refractivity contribution in [1.82, 2.24) is 0 Å². The molecule has 0 bridgehead atoms. The van der Waals surface area contributed by atoms with Crippen LogP contribution in [-0.4, -0.2) is 0 Å². The summed E-state index contributed by atoms with van der Waals surface area (Å²) in [4.78, 5) is 0. The van der Waals surface area contributed by atoms with Gasteiger partial charge in [-0.25, -0.2) is 8.78 Å². The lowest BCUT2D eigenvalue weighted by atomic mass is 9.97. The molecule has 4 heteroatoms. The van der Waals surface area contributed by atoms with E-state index in [2.05, 4.69) is 15.9 Å². The third kappa shape index (κ3) is 2.31. The minimum absolute atomic E-state index is 0.0338. The maximum atomic E-state index is 14.1. The van der Waals surface area contributed by atoms with E-state index in [9.17, 15) is 8.78 Å². The van der Waals surface area contributed by atoms with Crippen molar-refractivity contribution in [2.24, 2.45) is 5.73 Å². The van der Waals surface area contributed by atoms with Crippen LogP contribution in [0.3, 0.4) is 0 Å². The first-order valence-electron chi connectivity index (χ1n) is 5.48. The smallest absolute Gasteiger partial charge is 0.148 e. The Bertz CT molecular complexity index is 597. The zero-order chi connectivity index (χ0) is 13.3. The summed E-state index contributed by atoms with van der Waals surface area (Å²) < 4.78 is 28.2. The van der Waals surface area contributed by atoms with E-state index in [-0.39, 0.29) is 16.6 Å². The van der Waals surface area contributed by atoms with Crippen LogP contribution in [0.25, 0.3) is 11.1 Å². The van der Waals surface area contributed by atoms with E-state index in [1.807, 2.05) is 13.0 Å². The van der Waals surface area contributed by atoms with E-state index in [1.54, 1.807) is 12.1 Å². The maximum absolute atomic E-state index is 14.1. The number of hydrogen-bond donors (Lipinski definition) is 1. The SMILES string of the molecule is Cc1ccc(CN)c(-c2c(F)ccc(Br)c2F)c1. The molecule has 0 unspecified atom stereocenters. The molecule has 0 heterocycles. The molecular weight excluding hydrogens is 300 g/mol. The van der Waals surface area contributed by atoms with Crippen LogP contribution in [-0.2, 0) is 6.54 Å². The van der Waals surface area contributed by atoms with Gasteiger partial charge in [-0.3, -0.25) is 0 Å². The molecule has 2 aromatic rings. The molecule has 0 spiro atoms. The van der Waals surface area contributed by atoms with Gasteiger partial charge in [0, 0.05) is 6.54 Å². The average molecular weight is 312 g/mol. The zero-order valence-electron chi connectivity index (χ0n) is 9.81. The highest BCUT2D eigenvalue weighted by Crippen LogP contribution is 2.33. The zero-order valence-corrected chi connectivity index (χ0v) is 11.4. The Morgan fingerprint density at radius 3 is 2.56 bits per heavy atom. The van der Waals surface area contributed by atoms with Gasteiger partial charge >= 0.3 is 0 Å². The Balaban J connectivity index is 2.76. The molecule has 0 aliphatic carbocycles. The van der Waals surface area contributed by atoms with Crippen molar-refractivity contribution in [1.29, 1.82) is 0 Å². The van der Waals surface area contributed by atoms with E-state index in [4.69, 9.17) is 5.73 Å². The Labute approximate surface area is 113 Å². The number of rotatable bonds is 2. The van der Waals surface area contributed by atoms with Crippen LogP contribution in [0.15, 0.2) is 34.8 Å². The largest absolute Gasteiger partial charge is 0.326 e. The first-order chi connectivity index (χ1) is 8.54. The van der Waals surface area contributed by atoms with E-state index in [0.29, 0.717) is 5.56 Å². The summed E-state index contributed by atoms with van der Waals surface area (Å²) in [5, 5.41) is 0. The van der Waals surface area contributed by atoms with Crippen molar-refractivity contribution in [3.05, 3.63) is 57.6 Å². The molecular formula is C14H12BrF2N. The van der Waals surface area contributed by atoms with Crippen LogP contribution >= 0.6 is 15.9 Å². The molecule has 1 nitrogen and oxygen atoms in total. The van der Waals surface area contributed by atoms with E-state index in [0.717, 1.165) is 11.1 Å². The van der Waals surface area contributed by atoms with Crippen molar-refractivity contribution < 1.29 is 8.78 Å². The fourth-order valence-electron chi connectivity index (χ4n) is 1.87. The molecule has 2 aromatic carbocycles. The van der Waals surface area contributed by atoms with Crippen molar-refractivity contribution in [3.8, 4) is 11.1 Å². The first kappa shape index (κ1) is 13.2. The van der Waals surface area contributed by atoms with E-state index in [1.165, 1.54) is 12.1 Å². The molecule has 0 amide bonds. The van der Waals surface area contributed by atoms with E-state index >= 15 is 0 Å². The van der Waals surface area contributed by atoms with Gasteiger partial charge in [0.1, 0.15) is 11.6 Å². The third-order valence-electron chi connectivity index (χ3n) is 2.80. The molecule has 0 aliphatic rings. The lowest BCUT2D eigenvalue weighted by Gasteiger charge is -2.12. The second kappa shape index (κ2) is 5.16. The number of aryl methyl sites for hydroxylation is 1.